The van der Waals surface area contributed by atoms with Crippen LogP contribution in [0.4, 0.5) is 0 Å². The Morgan fingerprint density at radius 3 is 3.11 bits per heavy atom. The Morgan fingerprint density at radius 1 is 1.56 bits per heavy atom. The predicted octanol–water partition coefficient (Wildman–Crippen LogP) is 0.0355. The van der Waals surface area contributed by atoms with Crippen LogP contribution in [-0.4, -0.2) is 22.9 Å². The molecule has 1 atom stereocenters. The quantitative estimate of drug-likeness (QED) is 0.815. The van der Waals surface area contributed by atoms with Gasteiger partial charge in [-0.2, -0.15) is 5.10 Å². The number of ether oxygens (including phenoxy) is 1. The number of methoxy groups -OCH3 is 1. The lowest BCUT2D eigenvalue weighted by Gasteiger charge is -2.12. The van der Waals surface area contributed by atoms with Gasteiger partial charge in [0.25, 0.3) is 0 Å². The van der Waals surface area contributed by atoms with Crippen LogP contribution in [0.1, 0.15) is 13.3 Å². The van der Waals surface area contributed by atoms with Crippen LogP contribution in [0.25, 0.3) is 11.6 Å². The summed E-state index contributed by atoms with van der Waals surface area (Å²) in [5.74, 6) is 0.930. The summed E-state index contributed by atoms with van der Waals surface area (Å²) in [5, 5.41) is 6.78. The molecule has 2 N–H and O–H groups in total. The Morgan fingerprint density at radius 2 is 2.39 bits per heavy atom. The van der Waals surface area contributed by atoms with Crippen molar-refractivity contribution in [1.29, 1.82) is 0 Å². The second-order valence-electron chi connectivity index (χ2n) is 4.81. The molecule has 0 fully saturated rings. The van der Waals surface area contributed by atoms with Gasteiger partial charge in [0, 0.05) is 16.8 Å². The summed E-state index contributed by atoms with van der Waals surface area (Å²) in [7, 11) is 1.71. The third-order valence-corrected chi connectivity index (χ3v) is 3.35. The van der Waals surface area contributed by atoms with E-state index in [0.717, 1.165) is 24.1 Å². The van der Waals surface area contributed by atoms with Gasteiger partial charge in [0.2, 0.25) is 0 Å². The number of aromatic nitrogens is 2. The summed E-state index contributed by atoms with van der Waals surface area (Å²) in [6.07, 6.45) is 9.19. The molecule has 0 aliphatic heterocycles. The molecule has 1 heterocycles. The maximum absolute atomic E-state index is 5.85. The molecule has 0 amide bonds. The topological polar surface area (TPSA) is 53.1 Å². The van der Waals surface area contributed by atoms with E-state index in [1.165, 1.54) is 16.4 Å². The number of nitrogens with two attached hydrogens (primary N) is 1. The molecule has 18 heavy (non-hydrogen) atoms. The van der Waals surface area contributed by atoms with E-state index in [1.54, 1.807) is 7.11 Å². The highest BCUT2D eigenvalue weighted by atomic mass is 16.5. The smallest absolute Gasteiger partial charge is 0.126 e. The van der Waals surface area contributed by atoms with Crippen molar-refractivity contribution in [3.05, 3.63) is 40.2 Å². The lowest BCUT2D eigenvalue weighted by Crippen LogP contribution is -2.33. The van der Waals surface area contributed by atoms with Gasteiger partial charge in [0.1, 0.15) is 5.76 Å². The predicted molar refractivity (Wildman–Crippen MR) is 70.8 cm³/mol. The number of fused-ring (bicyclic) bond motifs is 2. The van der Waals surface area contributed by atoms with Gasteiger partial charge >= 0.3 is 0 Å². The van der Waals surface area contributed by atoms with Crippen LogP contribution in [-0.2, 0) is 11.3 Å². The standard InChI is InChI=1S/C14H17N3O/c1-9(15)8-17-13-6-11-10(12(13)7-16-17)4-3-5-14(11)18-2/h3,5-7,9H,4,8,15H2,1-2H3/t9-/m1/s1. The maximum Gasteiger partial charge on any atom is 0.126 e. The van der Waals surface area contributed by atoms with Crippen molar-refractivity contribution in [3.8, 4) is 0 Å². The molecule has 2 aliphatic rings. The van der Waals surface area contributed by atoms with Gasteiger partial charge in [-0.25, -0.2) is 0 Å². The summed E-state index contributed by atoms with van der Waals surface area (Å²) >= 11 is 0. The Hall–Kier alpha value is -1.81. The van der Waals surface area contributed by atoms with Crippen molar-refractivity contribution in [1.82, 2.24) is 9.78 Å². The van der Waals surface area contributed by atoms with Gasteiger partial charge in [-0.3, -0.25) is 4.68 Å². The fourth-order valence-corrected chi connectivity index (χ4v) is 2.56. The van der Waals surface area contributed by atoms with Crippen LogP contribution < -0.4 is 16.3 Å². The zero-order valence-electron chi connectivity index (χ0n) is 10.7. The summed E-state index contributed by atoms with van der Waals surface area (Å²) in [5.41, 5.74) is 8.34. The zero-order chi connectivity index (χ0) is 12.7. The van der Waals surface area contributed by atoms with E-state index in [2.05, 4.69) is 17.3 Å². The Labute approximate surface area is 106 Å². The third-order valence-electron chi connectivity index (χ3n) is 3.35. The van der Waals surface area contributed by atoms with Crippen molar-refractivity contribution < 1.29 is 4.74 Å². The zero-order valence-corrected chi connectivity index (χ0v) is 10.7. The molecule has 0 aromatic carbocycles. The Kier molecular flexibility index (Phi) is 2.59. The van der Waals surface area contributed by atoms with Gasteiger partial charge in [-0.05, 0) is 31.1 Å². The number of allylic oxidation sites excluding steroid dienone is 3. The molecule has 2 aliphatic carbocycles. The fraction of sp³-hybridized carbons (Fsp3) is 0.357. The molecular weight excluding hydrogens is 226 g/mol. The van der Waals surface area contributed by atoms with Crippen LogP contribution in [0, 0.1) is 0 Å². The minimum absolute atomic E-state index is 0.101. The summed E-state index contributed by atoms with van der Waals surface area (Å²) in [4.78, 5) is 0. The van der Waals surface area contributed by atoms with Gasteiger partial charge in [0.15, 0.2) is 0 Å². The first-order chi connectivity index (χ1) is 8.70. The summed E-state index contributed by atoms with van der Waals surface area (Å²) in [6, 6.07) is 0.101. The molecule has 3 rings (SSSR count). The Balaban J connectivity index is 2.18. The van der Waals surface area contributed by atoms with Gasteiger partial charge in [-0.15, -0.1) is 0 Å². The van der Waals surface area contributed by atoms with E-state index in [1.807, 2.05) is 23.9 Å². The molecule has 0 radical (unpaired) electrons. The van der Waals surface area contributed by atoms with Gasteiger partial charge in [-0.1, -0.05) is 6.08 Å². The van der Waals surface area contributed by atoms with Crippen LogP contribution in [0.3, 0.4) is 0 Å². The largest absolute Gasteiger partial charge is 0.496 e. The lowest BCUT2D eigenvalue weighted by molar-refractivity contribution is 0.304. The first kappa shape index (κ1) is 11.3. The van der Waals surface area contributed by atoms with Crippen molar-refractivity contribution >= 4 is 11.6 Å². The first-order valence-corrected chi connectivity index (χ1v) is 6.18. The highest BCUT2D eigenvalue weighted by Gasteiger charge is 2.20. The highest BCUT2D eigenvalue weighted by Crippen LogP contribution is 2.27. The molecule has 0 bridgehead atoms. The minimum Gasteiger partial charge on any atom is -0.496 e. The first-order valence-electron chi connectivity index (χ1n) is 6.18. The molecule has 94 valence electrons. The SMILES string of the molecule is COC1=C2C=c3c(cnn3C[C@@H](C)N)=C2CC=C1. The number of nitrogens with zero attached hydrogens (tertiary/aromatic N) is 2. The van der Waals surface area contributed by atoms with E-state index in [9.17, 15) is 0 Å². The maximum atomic E-state index is 5.85. The van der Waals surface area contributed by atoms with E-state index in [4.69, 9.17) is 10.5 Å². The fourth-order valence-electron chi connectivity index (χ4n) is 2.56. The number of hydrogen-bond donors (Lipinski definition) is 1. The molecule has 4 nitrogen and oxygen atoms in total. The molecule has 0 spiro atoms. The van der Waals surface area contributed by atoms with E-state index < -0.39 is 0 Å². The van der Waals surface area contributed by atoms with E-state index in [-0.39, 0.29) is 6.04 Å². The minimum atomic E-state index is 0.101. The summed E-state index contributed by atoms with van der Waals surface area (Å²) < 4.78 is 7.39. The van der Waals surface area contributed by atoms with Crippen molar-refractivity contribution in [2.45, 2.75) is 25.9 Å². The van der Waals surface area contributed by atoms with Gasteiger partial charge in [0.05, 0.1) is 25.2 Å². The van der Waals surface area contributed by atoms with E-state index in [0.29, 0.717) is 0 Å². The molecule has 0 unspecified atom stereocenters. The lowest BCUT2D eigenvalue weighted by atomic mass is 9.99. The van der Waals surface area contributed by atoms with Crippen LogP contribution >= 0.6 is 0 Å². The second kappa shape index (κ2) is 4.14. The molecule has 1 aromatic rings. The van der Waals surface area contributed by atoms with Crippen molar-refractivity contribution in [2.75, 3.05) is 7.11 Å². The van der Waals surface area contributed by atoms with Crippen LogP contribution in [0.2, 0.25) is 0 Å². The average Bonchev–Trinajstić information content (AvgIpc) is 2.88. The second-order valence-corrected chi connectivity index (χ2v) is 4.81. The van der Waals surface area contributed by atoms with Crippen LogP contribution in [0.15, 0.2) is 29.7 Å². The van der Waals surface area contributed by atoms with Crippen LogP contribution in [0.5, 0.6) is 0 Å². The third kappa shape index (κ3) is 1.61. The normalized spacial score (nSPS) is 18.5. The van der Waals surface area contributed by atoms with Gasteiger partial charge < -0.3 is 10.5 Å². The van der Waals surface area contributed by atoms with Crippen molar-refractivity contribution in [2.24, 2.45) is 5.73 Å². The molecule has 1 aromatic heterocycles. The average molecular weight is 243 g/mol. The monoisotopic (exact) mass is 243 g/mol. The highest BCUT2D eigenvalue weighted by molar-refractivity contribution is 5.84. The molecule has 0 saturated heterocycles. The molecular formula is C14H17N3O. The van der Waals surface area contributed by atoms with E-state index >= 15 is 0 Å². The van der Waals surface area contributed by atoms with Crippen molar-refractivity contribution in [3.63, 3.8) is 0 Å². The molecule has 4 heteroatoms. The Bertz CT molecular complexity index is 662. The number of rotatable bonds is 3. The number of hydrogen-bond acceptors (Lipinski definition) is 3. The molecule has 0 saturated carbocycles. The summed E-state index contributed by atoms with van der Waals surface area (Å²) in [6.45, 7) is 2.73.